The summed E-state index contributed by atoms with van der Waals surface area (Å²) in [7, 11) is 5.55. The molecule has 0 aliphatic heterocycles. The molecule has 2 aromatic rings. The van der Waals surface area contributed by atoms with Gasteiger partial charge in [-0.25, -0.2) is 4.79 Å². The number of aromatic nitrogens is 4. The molecular weight excluding hydrogens is 268 g/mol. The zero-order valence-electron chi connectivity index (χ0n) is 13.0. The van der Waals surface area contributed by atoms with Crippen molar-refractivity contribution in [1.82, 2.24) is 24.5 Å². The number of anilines is 1. The molecule has 0 bridgehead atoms. The average Bonchev–Trinajstić information content (AvgIpc) is 2.99. The lowest BCUT2D eigenvalue weighted by Gasteiger charge is -2.17. The standard InChI is InChI=1S/C14H22N6O/c1-11-13(9-16-20(11)4)17-14(21)18(2)7-5-6-12-8-15-19(3)10-12/h8-10H,5-7H2,1-4H3,(H,17,21). The number of carbonyl (C=O) groups is 1. The van der Waals surface area contributed by atoms with Crippen LogP contribution in [0, 0.1) is 6.92 Å². The third-order valence-electron chi connectivity index (χ3n) is 3.54. The second kappa shape index (κ2) is 6.43. The van der Waals surface area contributed by atoms with Gasteiger partial charge >= 0.3 is 6.03 Å². The van der Waals surface area contributed by atoms with E-state index in [0.717, 1.165) is 24.2 Å². The van der Waals surface area contributed by atoms with Gasteiger partial charge in [0.05, 0.1) is 23.8 Å². The van der Waals surface area contributed by atoms with Crippen molar-refractivity contribution in [3.8, 4) is 0 Å². The van der Waals surface area contributed by atoms with E-state index in [1.807, 2.05) is 33.4 Å². The normalized spacial score (nSPS) is 10.7. The molecule has 0 atom stereocenters. The van der Waals surface area contributed by atoms with E-state index < -0.39 is 0 Å². The lowest BCUT2D eigenvalue weighted by molar-refractivity contribution is 0.222. The molecule has 0 fully saturated rings. The first kappa shape index (κ1) is 15.1. The molecule has 7 nitrogen and oxygen atoms in total. The number of rotatable bonds is 5. The van der Waals surface area contributed by atoms with Gasteiger partial charge in [0.25, 0.3) is 0 Å². The maximum absolute atomic E-state index is 12.1. The molecule has 114 valence electrons. The molecule has 0 saturated heterocycles. The van der Waals surface area contributed by atoms with Crippen LogP contribution in [-0.2, 0) is 20.5 Å². The van der Waals surface area contributed by atoms with E-state index in [1.54, 1.807) is 27.5 Å². The van der Waals surface area contributed by atoms with Gasteiger partial charge in [0, 0.05) is 33.9 Å². The summed E-state index contributed by atoms with van der Waals surface area (Å²) in [6, 6.07) is -0.114. The van der Waals surface area contributed by atoms with E-state index in [0.29, 0.717) is 6.54 Å². The van der Waals surface area contributed by atoms with Gasteiger partial charge in [0.2, 0.25) is 0 Å². The Kier molecular flexibility index (Phi) is 4.62. The topological polar surface area (TPSA) is 68.0 Å². The molecular formula is C14H22N6O. The van der Waals surface area contributed by atoms with E-state index >= 15 is 0 Å². The van der Waals surface area contributed by atoms with Crippen molar-refractivity contribution < 1.29 is 4.79 Å². The van der Waals surface area contributed by atoms with Crippen molar-refractivity contribution in [3.05, 3.63) is 29.8 Å². The van der Waals surface area contributed by atoms with Crippen LogP contribution < -0.4 is 5.32 Å². The van der Waals surface area contributed by atoms with Crippen LogP contribution in [0.1, 0.15) is 17.7 Å². The van der Waals surface area contributed by atoms with Crippen LogP contribution in [0.4, 0.5) is 10.5 Å². The zero-order chi connectivity index (χ0) is 15.4. The van der Waals surface area contributed by atoms with Crippen molar-refractivity contribution in [2.45, 2.75) is 19.8 Å². The summed E-state index contributed by atoms with van der Waals surface area (Å²) in [4.78, 5) is 13.8. The third kappa shape index (κ3) is 3.84. The Morgan fingerprint density at radius 3 is 2.67 bits per heavy atom. The van der Waals surface area contributed by atoms with Gasteiger partial charge in [-0.3, -0.25) is 9.36 Å². The number of nitrogens with zero attached hydrogens (tertiary/aromatic N) is 5. The summed E-state index contributed by atoms with van der Waals surface area (Å²) < 4.78 is 3.52. The number of amides is 2. The van der Waals surface area contributed by atoms with Crippen LogP contribution in [0.2, 0.25) is 0 Å². The second-order valence-corrected chi connectivity index (χ2v) is 5.24. The van der Waals surface area contributed by atoms with E-state index in [-0.39, 0.29) is 6.03 Å². The van der Waals surface area contributed by atoms with E-state index in [4.69, 9.17) is 0 Å². The Balaban J connectivity index is 1.78. The second-order valence-electron chi connectivity index (χ2n) is 5.24. The molecule has 2 rings (SSSR count). The molecule has 2 aromatic heterocycles. The quantitative estimate of drug-likeness (QED) is 0.908. The van der Waals surface area contributed by atoms with E-state index in [2.05, 4.69) is 15.5 Å². The smallest absolute Gasteiger partial charge is 0.321 e. The summed E-state index contributed by atoms with van der Waals surface area (Å²) in [6.45, 7) is 2.62. The molecule has 2 heterocycles. The minimum Gasteiger partial charge on any atom is -0.328 e. The van der Waals surface area contributed by atoms with E-state index in [9.17, 15) is 4.79 Å². The first-order valence-electron chi connectivity index (χ1n) is 6.95. The number of hydrogen-bond acceptors (Lipinski definition) is 3. The fourth-order valence-corrected chi connectivity index (χ4v) is 2.05. The molecule has 0 aliphatic rings. The Labute approximate surface area is 124 Å². The number of urea groups is 1. The van der Waals surface area contributed by atoms with Crippen LogP contribution in [0.5, 0.6) is 0 Å². The predicted octanol–water partition coefficient (Wildman–Crippen LogP) is 1.56. The van der Waals surface area contributed by atoms with Gasteiger partial charge in [0.15, 0.2) is 0 Å². The highest BCUT2D eigenvalue weighted by Crippen LogP contribution is 2.12. The first-order valence-corrected chi connectivity index (χ1v) is 6.95. The predicted molar refractivity (Wildman–Crippen MR) is 81.1 cm³/mol. The highest BCUT2D eigenvalue weighted by Gasteiger charge is 2.12. The van der Waals surface area contributed by atoms with Crippen LogP contribution >= 0.6 is 0 Å². The van der Waals surface area contributed by atoms with Crippen LogP contribution in [0.3, 0.4) is 0 Å². The van der Waals surface area contributed by atoms with Gasteiger partial charge in [-0.2, -0.15) is 10.2 Å². The monoisotopic (exact) mass is 290 g/mol. The molecule has 7 heteroatoms. The summed E-state index contributed by atoms with van der Waals surface area (Å²) in [5.41, 5.74) is 2.88. The Morgan fingerprint density at radius 1 is 1.33 bits per heavy atom. The van der Waals surface area contributed by atoms with Crippen LogP contribution in [-0.4, -0.2) is 44.1 Å². The first-order chi connectivity index (χ1) is 9.97. The molecule has 1 N–H and O–H groups in total. The number of aryl methyl sites for hydroxylation is 3. The summed E-state index contributed by atoms with van der Waals surface area (Å²) in [5, 5.41) is 11.1. The van der Waals surface area contributed by atoms with Gasteiger partial charge in [-0.05, 0) is 25.3 Å². The molecule has 0 aromatic carbocycles. The van der Waals surface area contributed by atoms with Gasteiger partial charge in [0.1, 0.15) is 0 Å². The van der Waals surface area contributed by atoms with Crippen LogP contribution in [0.15, 0.2) is 18.6 Å². The third-order valence-corrected chi connectivity index (χ3v) is 3.54. The van der Waals surface area contributed by atoms with Crippen molar-refractivity contribution in [3.63, 3.8) is 0 Å². The number of carbonyl (C=O) groups excluding carboxylic acids is 1. The molecule has 0 radical (unpaired) electrons. The SMILES string of the molecule is Cc1c(NC(=O)N(C)CCCc2cnn(C)c2)cnn1C. The lowest BCUT2D eigenvalue weighted by atomic mass is 10.2. The zero-order valence-corrected chi connectivity index (χ0v) is 13.0. The maximum atomic E-state index is 12.1. The minimum atomic E-state index is -0.114. The summed E-state index contributed by atoms with van der Waals surface area (Å²) in [5.74, 6) is 0. The van der Waals surface area contributed by atoms with Crippen molar-refractivity contribution in [1.29, 1.82) is 0 Å². The highest BCUT2D eigenvalue weighted by atomic mass is 16.2. The van der Waals surface area contributed by atoms with Crippen molar-refractivity contribution >= 4 is 11.7 Å². The van der Waals surface area contributed by atoms with Crippen molar-refractivity contribution in [2.75, 3.05) is 18.9 Å². The molecule has 2 amide bonds. The lowest BCUT2D eigenvalue weighted by Crippen LogP contribution is -2.32. The Bertz CT molecular complexity index is 615. The number of hydrogen-bond donors (Lipinski definition) is 1. The van der Waals surface area contributed by atoms with Crippen molar-refractivity contribution in [2.24, 2.45) is 14.1 Å². The molecule has 21 heavy (non-hydrogen) atoms. The summed E-state index contributed by atoms with van der Waals surface area (Å²) >= 11 is 0. The molecule has 0 spiro atoms. The highest BCUT2D eigenvalue weighted by molar-refractivity contribution is 5.89. The van der Waals surface area contributed by atoms with Gasteiger partial charge < -0.3 is 10.2 Å². The average molecular weight is 290 g/mol. The Morgan fingerprint density at radius 2 is 2.10 bits per heavy atom. The molecule has 0 saturated carbocycles. The van der Waals surface area contributed by atoms with Crippen LogP contribution in [0.25, 0.3) is 0 Å². The van der Waals surface area contributed by atoms with E-state index in [1.165, 1.54) is 5.56 Å². The fraction of sp³-hybridized carbons (Fsp3) is 0.500. The summed E-state index contributed by atoms with van der Waals surface area (Å²) in [6.07, 6.45) is 7.34. The minimum absolute atomic E-state index is 0.114. The maximum Gasteiger partial charge on any atom is 0.321 e. The molecule has 0 unspecified atom stereocenters. The Hall–Kier alpha value is -2.31. The molecule has 0 aliphatic carbocycles. The number of nitrogens with one attached hydrogen (secondary N) is 1. The van der Waals surface area contributed by atoms with Gasteiger partial charge in [-0.1, -0.05) is 0 Å². The fourth-order valence-electron chi connectivity index (χ4n) is 2.05. The largest absolute Gasteiger partial charge is 0.328 e. The van der Waals surface area contributed by atoms with Gasteiger partial charge in [-0.15, -0.1) is 0 Å².